The van der Waals surface area contributed by atoms with Crippen LogP contribution in [0.2, 0.25) is 0 Å². The van der Waals surface area contributed by atoms with Crippen molar-refractivity contribution in [2.75, 3.05) is 13.2 Å². The van der Waals surface area contributed by atoms with E-state index >= 15 is 0 Å². The van der Waals surface area contributed by atoms with Gasteiger partial charge in [0.2, 0.25) is 0 Å². The molecule has 4 rings (SSSR count). The van der Waals surface area contributed by atoms with Crippen molar-refractivity contribution in [3.05, 3.63) is 23.8 Å². The van der Waals surface area contributed by atoms with Crippen molar-refractivity contribution in [1.82, 2.24) is 4.90 Å². The molecular formula is C17H24N2O2. The number of hydrogen-bond donors (Lipinski definition) is 1. The first-order chi connectivity index (χ1) is 10.3. The van der Waals surface area contributed by atoms with Crippen molar-refractivity contribution in [2.45, 2.75) is 56.8 Å². The molecule has 1 aromatic carbocycles. The van der Waals surface area contributed by atoms with Gasteiger partial charge < -0.3 is 15.2 Å². The number of hydrogen-bond acceptors (Lipinski definition) is 4. The summed E-state index contributed by atoms with van der Waals surface area (Å²) in [5.74, 6) is 1.80. The van der Waals surface area contributed by atoms with Crippen molar-refractivity contribution in [3.63, 3.8) is 0 Å². The number of fused-ring (bicyclic) bond motifs is 3. The van der Waals surface area contributed by atoms with Gasteiger partial charge in [-0.2, -0.15) is 0 Å². The molecule has 0 aromatic heterocycles. The molecule has 2 fully saturated rings. The van der Waals surface area contributed by atoms with Gasteiger partial charge in [-0.3, -0.25) is 4.90 Å². The van der Waals surface area contributed by atoms with Crippen LogP contribution >= 0.6 is 0 Å². The minimum absolute atomic E-state index is 0.405. The number of piperidine rings is 1. The smallest absolute Gasteiger partial charge is 0.161 e. The fourth-order valence-electron chi connectivity index (χ4n) is 4.09. The van der Waals surface area contributed by atoms with Crippen LogP contribution in [0.5, 0.6) is 11.5 Å². The maximum absolute atomic E-state index is 6.16. The van der Waals surface area contributed by atoms with Gasteiger partial charge >= 0.3 is 0 Å². The molecule has 0 spiro atoms. The number of nitrogens with two attached hydrogens (primary N) is 1. The molecule has 2 unspecified atom stereocenters. The van der Waals surface area contributed by atoms with E-state index in [0.29, 0.717) is 18.1 Å². The Morgan fingerprint density at radius 3 is 2.52 bits per heavy atom. The molecule has 1 aromatic rings. The first kappa shape index (κ1) is 13.4. The van der Waals surface area contributed by atoms with Crippen LogP contribution in [0, 0.1) is 0 Å². The Morgan fingerprint density at radius 2 is 1.76 bits per heavy atom. The Morgan fingerprint density at radius 1 is 1.05 bits per heavy atom. The Hall–Kier alpha value is -1.26. The maximum Gasteiger partial charge on any atom is 0.161 e. The fraction of sp³-hybridized carbons (Fsp3) is 0.647. The van der Waals surface area contributed by atoms with Crippen LogP contribution in [0.25, 0.3) is 0 Å². The molecule has 0 saturated carbocycles. The topological polar surface area (TPSA) is 47.7 Å². The lowest BCUT2D eigenvalue weighted by Gasteiger charge is -2.37. The quantitative estimate of drug-likeness (QED) is 0.907. The van der Waals surface area contributed by atoms with E-state index in [4.69, 9.17) is 15.2 Å². The third kappa shape index (κ3) is 2.62. The molecule has 2 bridgehead atoms. The maximum atomic E-state index is 6.16. The van der Waals surface area contributed by atoms with Gasteiger partial charge in [-0.25, -0.2) is 0 Å². The lowest BCUT2D eigenvalue weighted by Crippen LogP contribution is -2.46. The highest BCUT2D eigenvalue weighted by atomic mass is 16.5. The largest absolute Gasteiger partial charge is 0.490 e. The van der Waals surface area contributed by atoms with Crippen molar-refractivity contribution >= 4 is 0 Å². The monoisotopic (exact) mass is 288 g/mol. The molecule has 0 radical (unpaired) electrons. The summed E-state index contributed by atoms with van der Waals surface area (Å²) in [5, 5.41) is 0. The molecule has 2 N–H and O–H groups in total. The minimum Gasteiger partial charge on any atom is -0.490 e. The molecule has 0 amide bonds. The van der Waals surface area contributed by atoms with Crippen LogP contribution in [-0.2, 0) is 6.54 Å². The average molecular weight is 288 g/mol. The summed E-state index contributed by atoms with van der Waals surface area (Å²) in [4.78, 5) is 2.66. The summed E-state index contributed by atoms with van der Waals surface area (Å²) < 4.78 is 11.5. The summed E-state index contributed by atoms with van der Waals surface area (Å²) in [5.41, 5.74) is 7.48. The average Bonchev–Trinajstić information content (AvgIpc) is 2.69. The molecule has 114 valence electrons. The first-order valence-corrected chi connectivity index (χ1v) is 8.19. The van der Waals surface area contributed by atoms with Crippen molar-refractivity contribution < 1.29 is 9.47 Å². The van der Waals surface area contributed by atoms with Gasteiger partial charge in [0.05, 0.1) is 13.2 Å². The number of nitrogens with zero attached hydrogens (tertiary/aromatic N) is 1. The first-order valence-electron chi connectivity index (χ1n) is 8.19. The number of rotatable bonds is 2. The standard InChI is InChI=1S/C17H24N2O2/c18-13-9-14-3-4-15(10-13)19(14)11-12-2-5-16-17(8-12)21-7-1-6-20-16/h2,5,8,13-15H,1,3-4,6-7,9-11,18H2. The predicted octanol–water partition coefficient (Wildman–Crippen LogP) is 2.30. The normalized spacial score (nSPS) is 32.0. The Labute approximate surface area is 126 Å². The van der Waals surface area contributed by atoms with Crippen LogP contribution < -0.4 is 15.2 Å². The predicted molar refractivity (Wildman–Crippen MR) is 81.6 cm³/mol. The molecule has 3 heterocycles. The van der Waals surface area contributed by atoms with E-state index in [1.165, 1.54) is 18.4 Å². The van der Waals surface area contributed by atoms with E-state index in [2.05, 4.69) is 23.1 Å². The Balaban J connectivity index is 1.51. The van der Waals surface area contributed by atoms with Crippen molar-refractivity contribution in [1.29, 1.82) is 0 Å². The molecular weight excluding hydrogens is 264 g/mol. The summed E-state index contributed by atoms with van der Waals surface area (Å²) >= 11 is 0. The highest BCUT2D eigenvalue weighted by Gasteiger charge is 2.39. The van der Waals surface area contributed by atoms with E-state index in [-0.39, 0.29) is 0 Å². The highest BCUT2D eigenvalue weighted by molar-refractivity contribution is 5.43. The van der Waals surface area contributed by atoms with Gasteiger partial charge in [-0.15, -0.1) is 0 Å². The lowest BCUT2D eigenvalue weighted by atomic mass is 9.97. The van der Waals surface area contributed by atoms with Crippen LogP contribution in [0.3, 0.4) is 0 Å². The van der Waals surface area contributed by atoms with E-state index in [1.54, 1.807) is 0 Å². The summed E-state index contributed by atoms with van der Waals surface area (Å²) in [6.07, 6.45) is 5.88. The third-order valence-corrected chi connectivity index (χ3v) is 5.10. The van der Waals surface area contributed by atoms with E-state index in [9.17, 15) is 0 Å². The van der Waals surface area contributed by atoms with E-state index in [1.807, 2.05) is 0 Å². The zero-order chi connectivity index (χ0) is 14.2. The Bertz CT molecular complexity index is 506. The minimum atomic E-state index is 0.405. The van der Waals surface area contributed by atoms with Gasteiger partial charge in [-0.05, 0) is 43.4 Å². The second-order valence-corrected chi connectivity index (χ2v) is 6.62. The lowest BCUT2D eigenvalue weighted by molar-refractivity contribution is 0.120. The second kappa shape index (κ2) is 5.50. The Kier molecular flexibility index (Phi) is 3.51. The van der Waals surface area contributed by atoms with Gasteiger partial charge in [0.15, 0.2) is 11.5 Å². The SMILES string of the molecule is NC1CC2CCC(C1)N2Cc1ccc2c(c1)OCCCO2. The molecule has 2 atom stereocenters. The number of ether oxygens (including phenoxy) is 2. The molecule has 21 heavy (non-hydrogen) atoms. The van der Waals surface area contributed by atoms with Gasteiger partial charge in [0.1, 0.15) is 0 Å². The van der Waals surface area contributed by atoms with Crippen LogP contribution in [-0.4, -0.2) is 36.2 Å². The zero-order valence-corrected chi connectivity index (χ0v) is 12.5. The molecule has 4 heteroatoms. The van der Waals surface area contributed by atoms with Gasteiger partial charge in [0.25, 0.3) is 0 Å². The zero-order valence-electron chi connectivity index (χ0n) is 12.5. The molecule has 2 saturated heterocycles. The second-order valence-electron chi connectivity index (χ2n) is 6.62. The number of benzene rings is 1. The van der Waals surface area contributed by atoms with Gasteiger partial charge in [-0.1, -0.05) is 6.07 Å². The molecule has 3 aliphatic heterocycles. The molecule has 0 aliphatic carbocycles. The summed E-state index contributed by atoms with van der Waals surface area (Å²) in [6, 6.07) is 8.16. The van der Waals surface area contributed by atoms with Crippen LogP contribution in [0.1, 0.15) is 37.7 Å². The van der Waals surface area contributed by atoms with Crippen LogP contribution in [0.4, 0.5) is 0 Å². The molecule has 3 aliphatic rings. The molecule has 4 nitrogen and oxygen atoms in total. The summed E-state index contributed by atoms with van der Waals surface area (Å²) in [7, 11) is 0. The highest BCUT2D eigenvalue weighted by Crippen LogP contribution is 2.37. The summed E-state index contributed by atoms with van der Waals surface area (Å²) in [6.45, 7) is 2.51. The van der Waals surface area contributed by atoms with Gasteiger partial charge in [0, 0.05) is 31.1 Å². The van der Waals surface area contributed by atoms with Crippen LogP contribution in [0.15, 0.2) is 18.2 Å². The fourth-order valence-corrected chi connectivity index (χ4v) is 4.09. The van der Waals surface area contributed by atoms with E-state index in [0.717, 1.165) is 50.5 Å². The third-order valence-electron chi connectivity index (χ3n) is 5.10. The van der Waals surface area contributed by atoms with Crippen molar-refractivity contribution in [2.24, 2.45) is 5.73 Å². The van der Waals surface area contributed by atoms with Crippen molar-refractivity contribution in [3.8, 4) is 11.5 Å². The van der Waals surface area contributed by atoms with E-state index < -0.39 is 0 Å².